The average Bonchev–Trinajstić information content (AvgIpc) is 3.34. The molecule has 8 nitrogen and oxygen atoms in total. The van der Waals surface area contributed by atoms with E-state index in [1.54, 1.807) is 23.3 Å². The highest BCUT2D eigenvalue weighted by molar-refractivity contribution is 7.09. The second-order valence-electron chi connectivity index (χ2n) is 10.2. The van der Waals surface area contributed by atoms with Crippen molar-refractivity contribution in [3.63, 3.8) is 0 Å². The number of hydrogen-bond acceptors (Lipinski definition) is 7. The first-order valence-electron chi connectivity index (χ1n) is 12.3. The molecule has 3 heterocycles. The summed E-state index contributed by atoms with van der Waals surface area (Å²) in [4.78, 5) is 36.1. The molecule has 2 aliphatic rings. The van der Waals surface area contributed by atoms with Crippen LogP contribution in [0, 0.1) is 0 Å². The Morgan fingerprint density at radius 3 is 2.26 bits per heavy atom. The molecule has 2 saturated heterocycles. The van der Waals surface area contributed by atoms with Gasteiger partial charge in [-0.05, 0) is 51.3 Å². The summed E-state index contributed by atoms with van der Waals surface area (Å²) in [7, 11) is 1.67. The van der Waals surface area contributed by atoms with Crippen LogP contribution < -0.4 is 4.74 Å². The summed E-state index contributed by atoms with van der Waals surface area (Å²) in [5.74, 6) is 1.16. The number of carbonyl (C=O) groups is 2. The molecule has 190 valence electrons. The fourth-order valence-electron chi connectivity index (χ4n) is 4.47. The zero-order chi connectivity index (χ0) is 25.0. The van der Waals surface area contributed by atoms with Crippen molar-refractivity contribution in [2.24, 2.45) is 0 Å². The minimum atomic E-state index is -0.486. The summed E-state index contributed by atoms with van der Waals surface area (Å²) in [6.45, 7) is 10.9. The lowest BCUT2D eigenvalue weighted by molar-refractivity contribution is 0.0204. The number of carbonyl (C=O) groups excluding carboxylic acids is 2. The van der Waals surface area contributed by atoms with E-state index in [0.29, 0.717) is 31.9 Å². The molecule has 0 bridgehead atoms. The van der Waals surface area contributed by atoms with E-state index in [1.165, 1.54) is 5.56 Å². The maximum atomic E-state index is 13.1. The van der Waals surface area contributed by atoms with Gasteiger partial charge in [0.25, 0.3) is 5.91 Å². The van der Waals surface area contributed by atoms with Crippen LogP contribution in [-0.2, 0) is 11.3 Å². The third-order valence-corrected chi connectivity index (χ3v) is 7.47. The van der Waals surface area contributed by atoms with Crippen LogP contribution in [0.3, 0.4) is 0 Å². The van der Waals surface area contributed by atoms with E-state index in [9.17, 15) is 9.59 Å². The maximum Gasteiger partial charge on any atom is 0.410 e. The Kier molecular flexibility index (Phi) is 7.96. The lowest BCUT2D eigenvalue weighted by Gasteiger charge is -2.34. The highest BCUT2D eigenvalue weighted by Gasteiger charge is 2.30. The summed E-state index contributed by atoms with van der Waals surface area (Å²) in [5, 5.41) is 2.89. The quantitative estimate of drug-likeness (QED) is 0.612. The molecule has 4 rings (SSSR count). The number of amides is 2. The van der Waals surface area contributed by atoms with E-state index in [0.717, 1.165) is 43.2 Å². The van der Waals surface area contributed by atoms with E-state index in [2.05, 4.69) is 17.0 Å². The molecule has 0 atom stereocenters. The van der Waals surface area contributed by atoms with Crippen molar-refractivity contribution in [3.8, 4) is 5.75 Å². The van der Waals surface area contributed by atoms with Gasteiger partial charge in [0.1, 0.15) is 17.0 Å². The van der Waals surface area contributed by atoms with Gasteiger partial charge in [-0.1, -0.05) is 12.1 Å². The molecule has 2 fully saturated rings. The van der Waals surface area contributed by atoms with Crippen LogP contribution in [0.15, 0.2) is 29.6 Å². The van der Waals surface area contributed by atoms with Gasteiger partial charge < -0.3 is 19.3 Å². The number of hydrogen-bond donors (Lipinski definition) is 0. The van der Waals surface area contributed by atoms with Gasteiger partial charge >= 0.3 is 6.09 Å². The van der Waals surface area contributed by atoms with E-state index >= 15 is 0 Å². The summed E-state index contributed by atoms with van der Waals surface area (Å²) < 4.78 is 10.7. The van der Waals surface area contributed by atoms with Crippen molar-refractivity contribution >= 4 is 23.3 Å². The minimum Gasteiger partial charge on any atom is -0.497 e. The van der Waals surface area contributed by atoms with Crippen LogP contribution in [0.1, 0.15) is 60.6 Å². The second kappa shape index (κ2) is 11.0. The molecule has 0 spiro atoms. The summed E-state index contributed by atoms with van der Waals surface area (Å²) in [5.41, 5.74) is 1.30. The third kappa shape index (κ3) is 6.73. The highest BCUT2D eigenvalue weighted by atomic mass is 32.1. The van der Waals surface area contributed by atoms with Crippen molar-refractivity contribution in [2.75, 3.05) is 46.4 Å². The number of methoxy groups -OCH3 is 1. The minimum absolute atomic E-state index is 0.0165. The van der Waals surface area contributed by atoms with Gasteiger partial charge in [-0.2, -0.15) is 0 Å². The number of benzene rings is 1. The largest absolute Gasteiger partial charge is 0.497 e. The molecule has 0 unspecified atom stereocenters. The van der Waals surface area contributed by atoms with Crippen LogP contribution in [0.25, 0.3) is 0 Å². The van der Waals surface area contributed by atoms with Gasteiger partial charge in [0.05, 0.1) is 12.1 Å². The molecule has 2 amide bonds. The van der Waals surface area contributed by atoms with Crippen molar-refractivity contribution in [1.82, 2.24) is 19.7 Å². The lowest BCUT2D eigenvalue weighted by Crippen LogP contribution is -2.48. The predicted molar refractivity (Wildman–Crippen MR) is 136 cm³/mol. The number of rotatable bonds is 5. The molecule has 9 heteroatoms. The summed E-state index contributed by atoms with van der Waals surface area (Å²) >= 11 is 1.56. The Morgan fingerprint density at radius 2 is 1.66 bits per heavy atom. The molecule has 0 radical (unpaired) electrons. The Bertz CT molecular complexity index is 1000. The first-order valence-corrected chi connectivity index (χ1v) is 13.2. The molecule has 0 aliphatic carbocycles. The van der Waals surface area contributed by atoms with Crippen LogP contribution in [0.5, 0.6) is 5.75 Å². The van der Waals surface area contributed by atoms with Crippen molar-refractivity contribution in [2.45, 2.75) is 51.7 Å². The summed E-state index contributed by atoms with van der Waals surface area (Å²) in [6.07, 6.45) is 1.42. The zero-order valence-corrected chi connectivity index (χ0v) is 22.0. The van der Waals surface area contributed by atoms with Crippen LogP contribution in [0.4, 0.5) is 4.79 Å². The number of nitrogens with zero attached hydrogens (tertiary/aromatic N) is 4. The molecule has 1 aromatic carbocycles. The first-order chi connectivity index (χ1) is 16.7. The third-order valence-electron chi connectivity index (χ3n) is 6.46. The van der Waals surface area contributed by atoms with Crippen molar-refractivity contribution in [1.29, 1.82) is 0 Å². The standard InChI is InChI=1S/C26H36N4O4S/c1-26(2,3)34-25(32)30-11-9-20(10-12-30)23-27-22(18-35-23)24(31)29-15-13-28(14-16-29)17-19-5-7-21(33-4)8-6-19/h5-8,18,20H,9-17H2,1-4H3. The highest BCUT2D eigenvalue weighted by Crippen LogP contribution is 2.31. The lowest BCUT2D eigenvalue weighted by atomic mass is 9.98. The van der Waals surface area contributed by atoms with E-state index in [1.807, 2.05) is 43.2 Å². The SMILES string of the molecule is COc1ccc(CN2CCN(C(=O)c3csc(C4CCN(C(=O)OC(C)(C)C)CC4)n3)CC2)cc1. The molecule has 1 aromatic heterocycles. The van der Waals surface area contributed by atoms with Gasteiger partial charge in [0.2, 0.25) is 0 Å². The number of aromatic nitrogens is 1. The van der Waals surface area contributed by atoms with Gasteiger partial charge in [0, 0.05) is 57.1 Å². The summed E-state index contributed by atoms with van der Waals surface area (Å²) in [6, 6.07) is 8.14. The molecule has 2 aromatic rings. The number of likely N-dealkylation sites (tertiary alicyclic amines) is 1. The Morgan fingerprint density at radius 1 is 1.00 bits per heavy atom. The molecule has 0 saturated carbocycles. The number of thiazole rings is 1. The van der Waals surface area contributed by atoms with Gasteiger partial charge in [-0.15, -0.1) is 11.3 Å². The fraction of sp³-hybridized carbons (Fsp3) is 0.577. The van der Waals surface area contributed by atoms with Gasteiger partial charge in [0.15, 0.2) is 0 Å². The van der Waals surface area contributed by atoms with Crippen LogP contribution >= 0.6 is 11.3 Å². The molecule has 0 N–H and O–H groups in total. The van der Waals surface area contributed by atoms with Gasteiger partial charge in [-0.3, -0.25) is 9.69 Å². The molecule has 2 aliphatic heterocycles. The zero-order valence-electron chi connectivity index (χ0n) is 21.2. The smallest absolute Gasteiger partial charge is 0.410 e. The number of ether oxygens (including phenoxy) is 2. The van der Waals surface area contributed by atoms with E-state index in [-0.39, 0.29) is 17.9 Å². The van der Waals surface area contributed by atoms with E-state index in [4.69, 9.17) is 14.5 Å². The Labute approximate surface area is 211 Å². The van der Waals surface area contributed by atoms with Crippen molar-refractivity contribution < 1.29 is 19.1 Å². The van der Waals surface area contributed by atoms with E-state index < -0.39 is 5.60 Å². The van der Waals surface area contributed by atoms with Crippen molar-refractivity contribution in [3.05, 3.63) is 45.9 Å². The molecular formula is C26H36N4O4S. The molecule has 35 heavy (non-hydrogen) atoms. The maximum absolute atomic E-state index is 13.1. The fourth-order valence-corrected chi connectivity index (χ4v) is 5.43. The Balaban J connectivity index is 1.25. The van der Waals surface area contributed by atoms with Gasteiger partial charge in [-0.25, -0.2) is 9.78 Å². The van der Waals surface area contributed by atoms with Crippen LogP contribution in [0.2, 0.25) is 0 Å². The first kappa shape index (κ1) is 25.4. The Hall–Kier alpha value is -2.65. The number of piperidine rings is 1. The number of piperazine rings is 1. The van der Waals surface area contributed by atoms with Crippen LogP contribution in [-0.4, -0.2) is 83.7 Å². The average molecular weight is 501 g/mol. The monoisotopic (exact) mass is 500 g/mol. The second-order valence-corrected chi connectivity index (χ2v) is 11.1. The topological polar surface area (TPSA) is 75.2 Å². The molecular weight excluding hydrogens is 464 g/mol. The predicted octanol–water partition coefficient (Wildman–Crippen LogP) is 4.22. The normalized spacial score (nSPS) is 17.9.